The standard InChI is InChI=1S/C34H44N10O3S/c1-41-17-19-43(20-18-41)24-10-15-44(16-11-24)29-22-30(47-3)28(21-25(29)23-5-6-23)39-34-37-12-9-31(40-34)38-27-8-7-26-32(36-14-13-35-26)33(27)42(2)48(4,45)46/h7-9,12-14,21-24H,5-6,10-11,15-20H2,1-4H3,(H2,37,38,39,40). The number of hydrogen-bond acceptors (Lipinski definition) is 12. The lowest BCUT2D eigenvalue weighted by molar-refractivity contribution is 0.0982. The minimum atomic E-state index is -3.59. The van der Waals surface area contributed by atoms with Crippen molar-refractivity contribution in [1.82, 2.24) is 29.7 Å². The van der Waals surface area contributed by atoms with Crippen molar-refractivity contribution in [1.29, 1.82) is 0 Å². The van der Waals surface area contributed by atoms with E-state index in [-0.39, 0.29) is 0 Å². The van der Waals surface area contributed by atoms with Crippen LogP contribution in [0.25, 0.3) is 11.0 Å². The van der Waals surface area contributed by atoms with Crippen LogP contribution >= 0.6 is 0 Å². The van der Waals surface area contributed by atoms with Gasteiger partial charge in [-0.05, 0) is 68.5 Å². The number of piperidine rings is 1. The van der Waals surface area contributed by atoms with Crippen molar-refractivity contribution < 1.29 is 13.2 Å². The maximum atomic E-state index is 12.6. The number of hydrogen-bond donors (Lipinski definition) is 2. The van der Waals surface area contributed by atoms with Gasteiger partial charge in [-0.3, -0.25) is 19.2 Å². The third-order valence-electron chi connectivity index (χ3n) is 9.82. The van der Waals surface area contributed by atoms with Crippen molar-refractivity contribution in [3.63, 3.8) is 0 Å². The summed E-state index contributed by atoms with van der Waals surface area (Å²) in [7, 11) is 1.82. The van der Waals surface area contributed by atoms with E-state index in [1.807, 2.05) is 0 Å². The number of rotatable bonds is 10. The molecule has 7 rings (SSSR count). The second-order valence-electron chi connectivity index (χ2n) is 13.1. The number of anilines is 6. The predicted molar refractivity (Wildman–Crippen MR) is 191 cm³/mol. The molecule has 3 aliphatic rings. The zero-order valence-electron chi connectivity index (χ0n) is 28.1. The van der Waals surface area contributed by atoms with Crippen LogP contribution in [0.5, 0.6) is 5.75 Å². The molecule has 0 atom stereocenters. The zero-order chi connectivity index (χ0) is 33.4. The molecule has 1 aliphatic carbocycles. The van der Waals surface area contributed by atoms with E-state index in [9.17, 15) is 8.42 Å². The second-order valence-corrected chi connectivity index (χ2v) is 15.1. The average molecular weight is 673 g/mol. The molecule has 1 saturated carbocycles. The van der Waals surface area contributed by atoms with E-state index in [0.717, 1.165) is 57.0 Å². The van der Waals surface area contributed by atoms with Crippen molar-refractivity contribution in [3.8, 4) is 5.75 Å². The van der Waals surface area contributed by atoms with Crippen LogP contribution in [0.2, 0.25) is 0 Å². The molecular formula is C34H44N10O3S. The first-order valence-electron chi connectivity index (χ1n) is 16.6. The third kappa shape index (κ3) is 6.82. The number of piperazine rings is 1. The van der Waals surface area contributed by atoms with Gasteiger partial charge in [-0.1, -0.05) is 0 Å². The van der Waals surface area contributed by atoms with E-state index in [1.165, 1.54) is 48.3 Å². The minimum absolute atomic E-state index is 0.384. The molecule has 2 aromatic carbocycles. The van der Waals surface area contributed by atoms with Gasteiger partial charge in [0, 0.05) is 82.7 Å². The Bertz CT molecular complexity index is 1890. The normalized spacial score (nSPS) is 18.2. The summed E-state index contributed by atoms with van der Waals surface area (Å²) < 4.78 is 32.3. The number of fused-ring (bicyclic) bond motifs is 1. The number of aromatic nitrogens is 4. The van der Waals surface area contributed by atoms with Crippen LogP contribution in [-0.4, -0.2) is 111 Å². The summed E-state index contributed by atoms with van der Waals surface area (Å²) in [6, 6.07) is 10.4. The molecule has 0 bridgehead atoms. The van der Waals surface area contributed by atoms with Crippen LogP contribution in [0.1, 0.15) is 37.2 Å². The molecule has 0 amide bonds. The van der Waals surface area contributed by atoms with Crippen LogP contribution in [0, 0.1) is 0 Å². The SMILES string of the molecule is COc1cc(N2CCC(N3CCN(C)CC3)CC2)c(C2CC2)cc1Nc1nccc(Nc2ccc3nccnc3c2N(C)S(C)(=O)=O)n1. The summed E-state index contributed by atoms with van der Waals surface area (Å²) in [5.74, 6) is 2.15. The molecule has 4 aromatic rings. The molecule has 0 unspecified atom stereocenters. The molecule has 13 nitrogen and oxygen atoms in total. The Balaban J connectivity index is 1.12. The molecule has 0 radical (unpaired) electrons. The van der Waals surface area contributed by atoms with Crippen molar-refractivity contribution in [3.05, 3.63) is 54.5 Å². The molecule has 3 fully saturated rings. The van der Waals surface area contributed by atoms with Gasteiger partial charge in [-0.25, -0.2) is 13.4 Å². The van der Waals surface area contributed by atoms with Gasteiger partial charge in [0.05, 0.1) is 30.3 Å². The van der Waals surface area contributed by atoms with Crippen molar-refractivity contribution in [2.24, 2.45) is 0 Å². The molecule has 48 heavy (non-hydrogen) atoms. The number of likely N-dealkylation sites (N-methyl/N-ethyl adjacent to an activating group) is 1. The number of ether oxygens (including phenoxy) is 1. The topological polar surface area (TPSA) is 132 Å². The number of nitrogens with one attached hydrogen (secondary N) is 2. The largest absolute Gasteiger partial charge is 0.494 e. The van der Waals surface area contributed by atoms with Crippen molar-refractivity contribution in [2.45, 2.75) is 37.6 Å². The lowest BCUT2D eigenvalue weighted by atomic mass is 9.99. The van der Waals surface area contributed by atoms with Crippen LogP contribution in [-0.2, 0) is 10.0 Å². The van der Waals surface area contributed by atoms with Crippen LogP contribution in [0.4, 0.5) is 34.5 Å². The Hall–Kier alpha value is -4.27. The zero-order valence-corrected chi connectivity index (χ0v) is 28.9. The molecule has 2 aliphatic heterocycles. The van der Waals surface area contributed by atoms with Gasteiger partial charge >= 0.3 is 0 Å². The van der Waals surface area contributed by atoms with Crippen molar-refractivity contribution >= 4 is 55.6 Å². The van der Waals surface area contributed by atoms with E-state index >= 15 is 0 Å². The lowest BCUT2D eigenvalue weighted by Crippen LogP contribution is -2.52. The molecule has 254 valence electrons. The highest BCUT2D eigenvalue weighted by molar-refractivity contribution is 7.92. The summed E-state index contributed by atoms with van der Waals surface area (Å²) in [6.45, 7) is 6.72. The molecule has 2 saturated heterocycles. The fraction of sp³-hybridized carbons (Fsp3) is 0.471. The predicted octanol–water partition coefficient (Wildman–Crippen LogP) is 4.41. The van der Waals surface area contributed by atoms with Crippen LogP contribution in [0.3, 0.4) is 0 Å². The fourth-order valence-corrected chi connectivity index (χ4v) is 7.38. The van der Waals surface area contributed by atoms with E-state index in [2.05, 4.69) is 59.5 Å². The lowest BCUT2D eigenvalue weighted by Gasteiger charge is -2.43. The smallest absolute Gasteiger partial charge is 0.232 e. The summed E-state index contributed by atoms with van der Waals surface area (Å²) >= 11 is 0. The van der Waals surface area contributed by atoms with Crippen LogP contribution in [0.15, 0.2) is 48.9 Å². The van der Waals surface area contributed by atoms with E-state index in [4.69, 9.17) is 9.72 Å². The number of sulfonamides is 1. The van der Waals surface area contributed by atoms with Gasteiger partial charge in [-0.15, -0.1) is 0 Å². The van der Waals surface area contributed by atoms with Gasteiger partial charge in [0.15, 0.2) is 0 Å². The summed E-state index contributed by atoms with van der Waals surface area (Å²) in [4.78, 5) is 25.7. The molecule has 0 spiro atoms. The molecule has 4 heterocycles. The molecular weight excluding hydrogens is 629 g/mol. The highest BCUT2D eigenvalue weighted by Gasteiger charge is 2.32. The monoisotopic (exact) mass is 672 g/mol. The summed E-state index contributed by atoms with van der Waals surface area (Å²) in [6.07, 6.45) is 10.7. The highest BCUT2D eigenvalue weighted by Crippen LogP contribution is 2.48. The minimum Gasteiger partial charge on any atom is -0.494 e. The van der Waals surface area contributed by atoms with Gasteiger partial charge in [0.25, 0.3) is 0 Å². The average Bonchev–Trinajstić information content (AvgIpc) is 3.94. The first-order chi connectivity index (χ1) is 23.2. The van der Waals surface area contributed by atoms with E-state index < -0.39 is 10.0 Å². The maximum absolute atomic E-state index is 12.6. The Kier molecular flexibility index (Phi) is 8.96. The van der Waals surface area contributed by atoms with Gasteiger partial charge < -0.3 is 25.2 Å². The first kappa shape index (κ1) is 32.3. The Morgan fingerprint density at radius 3 is 2.33 bits per heavy atom. The third-order valence-corrected chi connectivity index (χ3v) is 11.0. The maximum Gasteiger partial charge on any atom is 0.232 e. The quantitative estimate of drug-likeness (QED) is 0.248. The molecule has 2 N–H and O–H groups in total. The summed E-state index contributed by atoms with van der Waals surface area (Å²) in [5, 5.41) is 6.69. The Labute approximate surface area is 282 Å². The Morgan fingerprint density at radius 2 is 1.62 bits per heavy atom. The number of benzene rings is 2. The van der Waals surface area contributed by atoms with E-state index in [0.29, 0.717) is 46.1 Å². The second kappa shape index (κ2) is 13.3. The van der Waals surface area contributed by atoms with Crippen molar-refractivity contribution in [2.75, 3.05) is 86.6 Å². The highest BCUT2D eigenvalue weighted by atomic mass is 32.2. The fourth-order valence-electron chi connectivity index (χ4n) is 6.86. The van der Waals surface area contributed by atoms with E-state index in [1.54, 1.807) is 43.9 Å². The van der Waals surface area contributed by atoms with Gasteiger partial charge in [0.2, 0.25) is 16.0 Å². The van der Waals surface area contributed by atoms with Crippen LogP contribution < -0.4 is 24.6 Å². The summed E-state index contributed by atoms with van der Waals surface area (Å²) in [5.41, 5.74) is 5.38. The molecule has 14 heteroatoms. The number of nitrogens with zero attached hydrogens (tertiary/aromatic N) is 8. The van der Waals surface area contributed by atoms with Gasteiger partial charge in [0.1, 0.15) is 22.8 Å². The van der Waals surface area contributed by atoms with Gasteiger partial charge in [-0.2, -0.15) is 4.98 Å². The molecule has 2 aromatic heterocycles. The Morgan fingerprint density at radius 1 is 0.875 bits per heavy atom. The number of methoxy groups -OCH3 is 1. The first-order valence-corrected chi connectivity index (χ1v) is 18.5.